The zero-order valence-corrected chi connectivity index (χ0v) is 14.5. The number of amides is 2. The lowest BCUT2D eigenvalue weighted by atomic mass is 10.1. The van der Waals surface area contributed by atoms with Crippen LogP contribution in [0.2, 0.25) is 0 Å². The first-order chi connectivity index (χ1) is 12.8. The highest BCUT2D eigenvalue weighted by molar-refractivity contribution is 5.75. The Morgan fingerprint density at radius 3 is 2.58 bits per heavy atom. The Balaban J connectivity index is 1.30. The van der Waals surface area contributed by atoms with Gasteiger partial charge in [0.1, 0.15) is 0 Å². The number of rotatable bonds is 6. The highest BCUT2D eigenvalue weighted by Gasteiger charge is 2.39. The van der Waals surface area contributed by atoms with Crippen LogP contribution in [0.5, 0.6) is 0 Å². The van der Waals surface area contributed by atoms with E-state index < -0.39 is 0 Å². The number of hydrogen-bond donors (Lipinski definition) is 2. The molecule has 1 fully saturated rings. The molecule has 2 N–H and O–H groups in total. The summed E-state index contributed by atoms with van der Waals surface area (Å²) >= 11 is 0. The van der Waals surface area contributed by atoms with Gasteiger partial charge < -0.3 is 10.6 Å². The molecular formula is C21H22N4O. The number of nitrogens with zero attached hydrogens (tertiary/aromatic N) is 2. The highest BCUT2D eigenvalue weighted by Crippen LogP contribution is 2.40. The summed E-state index contributed by atoms with van der Waals surface area (Å²) in [5, 5.41) is 10.3. The van der Waals surface area contributed by atoms with Crippen molar-refractivity contribution in [3.05, 3.63) is 89.7 Å². The summed E-state index contributed by atoms with van der Waals surface area (Å²) in [6, 6.07) is 20.5. The van der Waals surface area contributed by atoms with Gasteiger partial charge in [0.15, 0.2) is 0 Å². The van der Waals surface area contributed by atoms with E-state index in [1.807, 2.05) is 53.3 Å². The van der Waals surface area contributed by atoms with Gasteiger partial charge in [0.25, 0.3) is 0 Å². The van der Waals surface area contributed by atoms with Gasteiger partial charge in [0.2, 0.25) is 0 Å². The molecule has 0 aliphatic heterocycles. The van der Waals surface area contributed by atoms with Crippen molar-refractivity contribution < 1.29 is 4.79 Å². The summed E-state index contributed by atoms with van der Waals surface area (Å²) in [6.45, 7) is 1.21. The van der Waals surface area contributed by atoms with Crippen molar-refractivity contribution in [1.29, 1.82) is 0 Å². The van der Waals surface area contributed by atoms with Crippen molar-refractivity contribution in [2.75, 3.05) is 0 Å². The van der Waals surface area contributed by atoms with Crippen LogP contribution in [0, 0.1) is 0 Å². The molecule has 2 atom stereocenters. The predicted octanol–water partition coefficient (Wildman–Crippen LogP) is 3.29. The third kappa shape index (κ3) is 3.94. The molecule has 2 amide bonds. The molecule has 0 saturated heterocycles. The Hall–Kier alpha value is -3.08. The third-order valence-electron chi connectivity index (χ3n) is 4.78. The van der Waals surface area contributed by atoms with E-state index in [9.17, 15) is 4.79 Å². The second-order valence-corrected chi connectivity index (χ2v) is 6.66. The molecular weight excluding hydrogens is 324 g/mol. The molecule has 1 heterocycles. The Morgan fingerprint density at radius 1 is 1.04 bits per heavy atom. The van der Waals surface area contributed by atoms with E-state index in [1.165, 1.54) is 5.56 Å². The second kappa shape index (κ2) is 7.44. The molecule has 5 heteroatoms. The van der Waals surface area contributed by atoms with Crippen LogP contribution < -0.4 is 10.6 Å². The minimum Gasteiger partial charge on any atom is -0.335 e. The Kier molecular flexibility index (Phi) is 4.69. The predicted molar refractivity (Wildman–Crippen MR) is 101 cm³/mol. The molecule has 0 bridgehead atoms. The van der Waals surface area contributed by atoms with Gasteiger partial charge in [0.05, 0.1) is 6.54 Å². The average molecular weight is 346 g/mol. The summed E-state index contributed by atoms with van der Waals surface area (Å²) < 4.78 is 1.88. The molecule has 1 aliphatic rings. The van der Waals surface area contributed by atoms with Crippen LogP contribution >= 0.6 is 0 Å². The van der Waals surface area contributed by atoms with Gasteiger partial charge in [-0.2, -0.15) is 5.10 Å². The van der Waals surface area contributed by atoms with Crippen molar-refractivity contribution in [2.24, 2.45) is 0 Å². The van der Waals surface area contributed by atoms with Crippen LogP contribution in [-0.4, -0.2) is 21.9 Å². The van der Waals surface area contributed by atoms with Crippen LogP contribution in [0.25, 0.3) is 0 Å². The molecule has 1 aromatic heterocycles. The van der Waals surface area contributed by atoms with Crippen LogP contribution in [0.1, 0.15) is 29.0 Å². The van der Waals surface area contributed by atoms with E-state index in [2.05, 4.69) is 33.9 Å². The van der Waals surface area contributed by atoms with Gasteiger partial charge >= 0.3 is 6.03 Å². The maximum atomic E-state index is 12.2. The van der Waals surface area contributed by atoms with Gasteiger partial charge in [-0.3, -0.25) is 4.68 Å². The number of carbonyl (C=O) groups is 1. The number of hydrogen-bond acceptors (Lipinski definition) is 2. The molecule has 0 spiro atoms. The largest absolute Gasteiger partial charge is 0.335 e. The fourth-order valence-electron chi connectivity index (χ4n) is 3.27. The molecule has 26 heavy (non-hydrogen) atoms. The van der Waals surface area contributed by atoms with E-state index in [0.717, 1.165) is 17.5 Å². The SMILES string of the molecule is O=C(NCc1ccccc1Cn1cccn1)N[C@@H]1C[C@H]1c1ccccc1. The van der Waals surface area contributed by atoms with Crippen LogP contribution in [0.3, 0.4) is 0 Å². The molecule has 1 saturated carbocycles. The normalized spacial score (nSPS) is 18.3. The molecule has 5 nitrogen and oxygen atoms in total. The highest BCUT2D eigenvalue weighted by atomic mass is 16.2. The van der Waals surface area contributed by atoms with Crippen LogP contribution in [-0.2, 0) is 13.1 Å². The Labute approximate surface area is 153 Å². The first kappa shape index (κ1) is 16.4. The molecule has 132 valence electrons. The number of nitrogens with one attached hydrogen (secondary N) is 2. The number of aromatic nitrogens is 2. The monoisotopic (exact) mass is 346 g/mol. The summed E-state index contributed by atoms with van der Waals surface area (Å²) in [5.74, 6) is 0.439. The van der Waals surface area contributed by atoms with Crippen molar-refractivity contribution >= 4 is 6.03 Å². The summed E-state index contributed by atoms with van der Waals surface area (Å²) in [6.07, 6.45) is 4.72. The lowest BCUT2D eigenvalue weighted by Crippen LogP contribution is -2.37. The molecule has 0 radical (unpaired) electrons. The van der Waals surface area contributed by atoms with Gasteiger partial charge in [-0.25, -0.2) is 4.79 Å². The third-order valence-corrected chi connectivity index (χ3v) is 4.78. The topological polar surface area (TPSA) is 59.0 Å². The Morgan fingerprint density at radius 2 is 1.81 bits per heavy atom. The van der Waals surface area contributed by atoms with Crippen molar-refractivity contribution in [1.82, 2.24) is 20.4 Å². The number of carbonyl (C=O) groups excluding carboxylic acids is 1. The van der Waals surface area contributed by atoms with Gasteiger partial charge in [-0.15, -0.1) is 0 Å². The fraction of sp³-hybridized carbons (Fsp3) is 0.238. The van der Waals surface area contributed by atoms with Crippen molar-refractivity contribution in [3.8, 4) is 0 Å². The van der Waals surface area contributed by atoms with Crippen molar-refractivity contribution in [3.63, 3.8) is 0 Å². The molecule has 4 rings (SSSR count). The fourth-order valence-corrected chi connectivity index (χ4v) is 3.27. The zero-order valence-electron chi connectivity index (χ0n) is 14.5. The maximum Gasteiger partial charge on any atom is 0.315 e. The molecule has 3 aromatic rings. The minimum atomic E-state index is -0.109. The second-order valence-electron chi connectivity index (χ2n) is 6.66. The molecule has 0 unspecified atom stereocenters. The van der Waals surface area contributed by atoms with Gasteiger partial charge in [-0.05, 0) is 29.2 Å². The zero-order chi connectivity index (χ0) is 17.8. The average Bonchev–Trinajstić information content (AvgIpc) is 3.24. The van der Waals surface area contributed by atoms with E-state index in [4.69, 9.17) is 0 Å². The van der Waals surface area contributed by atoms with E-state index in [0.29, 0.717) is 19.0 Å². The summed E-state index contributed by atoms with van der Waals surface area (Å²) in [4.78, 5) is 12.2. The summed E-state index contributed by atoms with van der Waals surface area (Å²) in [5.41, 5.74) is 3.56. The standard InChI is InChI=1S/C21H22N4O/c26-21(24-20-13-19(20)16-7-2-1-3-8-16)22-14-17-9-4-5-10-18(17)15-25-12-6-11-23-25/h1-12,19-20H,13-15H2,(H2,22,24,26)/t19-,20+/m0/s1. The van der Waals surface area contributed by atoms with E-state index in [-0.39, 0.29) is 12.1 Å². The summed E-state index contributed by atoms with van der Waals surface area (Å²) in [7, 11) is 0. The first-order valence-corrected chi connectivity index (χ1v) is 8.93. The smallest absolute Gasteiger partial charge is 0.315 e. The van der Waals surface area contributed by atoms with Crippen molar-refractivity contribution in [2.45, 2.75) is 31.5 Å². The first-order valence-electron chi connectivity index (χ1n) is 8.93. The van der Waals surface area contributed by atoms with E-state index in [1.54, 1.807) is 6.20 Å². The molecule has 2 aromatic carbocycles. The van der Waals surface area contributed by atoms with Gasteiger partial charge in [0, 0.05) is 30.9 Å². The van der Waals surface area contributed by atoms with Crippen LogP contribution in [0.15, 0.2) is 73.1 Å². The molecule has 1 aliphatic carbocycles. The lowest BCUT2D eigenvalue weighted by Gasteiger charge is -2.12. The Bertz CT molecular complexity index is 861. The quantitative estimate of drug-likeness (QED) is 0.719. The number of urea groups is 1. The number of benzene rings is 2. The maximum absolute atomic E-state index is 12.2. The lowest BCUT2D eigenvalue weighted by molar-refractivity contribution is 0.240. The van der Waals surface area contributed by atoms with Crippen LogP contribution in [0.4, 0.5) is 4.79 Å². The van der Waals surface area contributed by atoms with Gasteiger partial charge in [-0.1, -0.05) is 54.6 Å². The van der Waals surface area contributed by atoms with E-state index >= 15 is 0 Å². The minimum absolute atomic E-state index is 0.109.